The highest BCUT2D eigenvalue weighted by Crippen LogP contribution is 2.37. The fourth-order valence-electron chi connectivity index (χ4n) is 3.70. The van der Waals surface area contributed by atoms with Crippen molar-refractivity contribution in [2.75, 3.05) is 18.4 Å². The van der Waals surface area contributed by atoms with Crippen LogP contribution in [0.15, 0.2) is 55.0 Å². The number of rotatable bonds is 5. The molecule has 6 nitrogen and oxygen atoms in total. The van der Waals surface area contributed by atoms with Gasteiger partial charge in [0.2, 0.25) is 5.91 Å². The van der Waals surface area contributed by atoms with Crippen molar-refractivity contribution in [2.45, 2.75) is 19.4 Å². The molecule has 1 aromatic carbocycles. The summed E-state index contributed by atoms with van der Waals surface area (Å²) in [6.07, 6.45) is 5.89. The fraction of sp³-hybridized carbons (Fsp3) is 0.300. The summed E-state index contributed by atoms with van der Waals surface area (Å²) in [5.74, 6) is 1.09. The molecule has 26 heavy (non-hydrogen) atoms. The van der Waals surface area contributed by atoms with Crippen molar-refractivity contribution in [3.05, 3.63) is 60.6 Å². The zero-order valence-corrected chi connectivity index (χ0v) is 14.7. The maximum Gasteiger partial charge on any atom is 0.223 e. The van der Waals surface area contributed by atoms with E-state index in [0.717, 1.165) is 22.4 Å². The van der Waals surface area contributed by atoms with Crippen LogP contribution < -0.4 is 5.32 Å². The van der Waals surface area contributed by atoms with E-state index in [1.54, 1.807) is 12.4 Å². The number of hydrogen-bond donors (Lipinski definition) is 1. The first-order valence-corrected chi connectivity index (χ1v) is 8.91. The standard InChI is InChI=1S/C20H21N5O/c1-2-25-19(26)10-15(20(25)14-6-5-9-21-11-14)12-23-18-13-22-16-7-3-4-8-17(16)24-18/h3-9,11,13,15,20H,2,10,12H2,1H3,(H,23,24)/t15-,20-/m0/s1. The van der Waals surface area contributed by atoms with Gasteiger partial charge in [-0.1, -0.05) is 18.2 Å². The molecule has 0 saturated carbocycles. The van der Waals surface area contributed by atoms with E-state index < -0.39 is 0 Å². The second-order valence-corrected chi connectivity index (χ2v) is 6.50. The summed E-state index contributed by atoms with van der Waals surface area (Å²) in [6.45, 7) is 3.38. The van der Waals surface area contributed by atoms with Crippen molar-refractivity contribution in [2.24, 2.45) is 5.92 Å². The van der Waals surface area contributed by atoms with Gasteiger partial charge in [-0.25, -0.2) is 4.98 Å². The van der Waals surface area contributed by atoms with E-state index in [4.69, 9.17) is 0 Å². The predicted molar refractivity (Wildman–Crippen MR) is 100 cm³/mol. The number of fused-ring (bicyclic) bond motifs is 1. The second kappa shape index (κ2) is 7.07. The molecule has 1 aliphatic heterocycles. The Morgan fingerprint density at radius 3 is 2.77 bits per heavy atom. The molecule has 4 rings (SSSR count). The van der Waals surface area contributed by atoms with E-state index >= 15 is 0 Å². The zero-order chi connectivity index (χ0) is 17.9. The number of para-hydroxylation sites is 2. The van der Waals surface area contributed by atoms with Crippen LogP contribution in [0.5, 0.6) is 0 Å². The lowest BCUT2D eigenvalue weighted by Crippen LogP contribution is -2.30. The Morgan fingerprint density at radius 1 is 1.15 bits per heavy atom. The largest absolute Gasteiger partial charge is 0.368 e. The average molecular weight is 347 g/mol. The highest BCUT2D eigenvalue weighted by atomic mass is 16.2. The molecule has 1 fully saturated rings. The lowest BCUT2D eigenvalue weighted by molar-refractivity contribution is -0.128. The van der Waals surface area contributed by atoms with E-state index in [1.807, 2.05) is 54.4 Å². The van der Waals surface area contributed by atoms with Crippen molar-refractivity contribution in [3.8, 4) is 0 Å². The van der Waals surface area contributed by atoms with E-state index in [1.165, 1.54) is 0 Å². The van der Waals surface area contributed by atoms with Gasteiger partial charge in [0.25, 0.3) is 0 Å². The molecule has 6 heteroatoms. The summed E-state index contributed by atoms with van der Waals surface area (Å²) < 4.78 is 0. The van der Waals surface area contributed by atoms with Crippen LogP contribution in [0.25, 0.3) is 11.0 Å². The van der Waals surface area contributed by atoms with Gasteiger partial charge in [0.15, 0.2) is 0 Å². The number of nitrogens with zero attached hydrogens (tertiary/aromatic N) is 4. The quantitative estimate of drug-likeness (QED) is 0.768. The van der Waals surface area contributed by atoms with Crippen LogP contribution in [0.2, 0.25) is 0 Å². The molecule has 1 aliphatic rings. The molecule has 0 aliphatic carbocycles. The van der Waals surface area contributed by atoms with Gasteiger partial charge in [0.05, 0.1) is 23.3 Å². The minimum Gasteiger partial charge on any atom is -0.368 e. The van der Waals surface area contributed by atoms with Crippen molar-refractivity contribution in [3.63, 3.8) is 0 Å². The van der Waals surface area contributed by atoms with Crippen LogP contribution in [0.4, 0.5) is 5.82 Å². The second-order valence-electron chi connectivity index (χ2n) is 6.50. The van der Waals surface area contributed by atoms with Gasteiger partial charge in [0.1, 0.15) is 5.82 Å². The Balaban J connectivity index is 1.54. The third kappa shape index (κ3) is 3.10. The maximum atomic E-state index is 12.4. The first-order valence-electron chi connectivity index (χ1n) is 8.91. The monoisotopic (exact) mass is 347 g/mol. The number of hydrogen-bond acceptors (Lipinski definition) is 5. The molecule has 1 N–H and O–H groups in total. The van der Waals surface area contributed by atoms with Crippen LogP contribution in [0, 0.1) is 5.92 Å². The number of anilines is 1. The van der Waals surface area contributed by atoms with Gasteiger partial charge in [-0.15, -0.1) is 0 Å². The highest BCUT2D eigenvalue weighted by molar-refractivity contribution is 5.80. The molecule has 3 heterocycles. The van der Waals surface area contributed by atoms with Gasteiger partial charge >= 0.3 is 0 Å². The first-order chi connectivity index (χ1) is 12.8. The Morgan fingerprint density at radius 2 is 2.00 bits per heavy atom. The van der Waals surface area contributed by atoms with Crippen molar-refractivity contribution >= 4 is 22.8 Å². The Bertz CT molecular complexity index is 914. The molecule has 0 radical (unpaired) electrons. The lowest BCUT2D eigenvalue weighted by atomic mass is 9.94. The zero-order valence-electron chi connectivity index (χ0n) is 14.7. The SMILES string of the molecule is CCN1C(=O)C[C@@H](CNc2cnc3ccccc3n2)[C@@H]1c1cccnc1. The highest BCUT2D eigenvalue weighted by Gasteiger charge is 2.39. The molecule has 132 valence electrons. The summed E-state index contributed by atoms with van der Waals surface area (Å²) >= 11 is 0. The molecule has 0 unspecified atom stereocenters. The van der Waals surface area contributed by atoms with E-state index in [0.29, 0.717) is 19.5 Å². The van der Waals surface area contributed by atoms with Crippen molar-refractivity contribution in [1.82, 2.24) is 19.9 Å². The summed E-state index contributed by atoms with van der Waals surface area (Å²) in [7, 11) is 0. The molecule has 1 saturated heterocycles. The van der Waals surface area contributed by atoms with Crippen molar-refractivity contribution < 1.29 is 4.79 Å². The maximum absolute atomic E-state index is 12.4. The summed E-state index contributed by atoms with van der Waals surface area (Å²) in [5, 5.41) is 3.37. The Hall–Kier alpha value is -3.02. The Kier molecular flexibility index (Phi) is 4.48. The lowest BCUT2D eigenvalue weighted by Gasteiger charge is -2.27. The Labute approximate surface area is 152 Å². The first kappa shape index (κ1) is 16.4. The van der Waals surface area contributed by atoms with Gasteiger partial charge in [-0.3, -0.25) is 14.8 Å². The van der Waals surface area contributed by atoms with Crippen molar-refractivity contribution in [1.29, 1.82) is 0 Å². The van der Waals surface area contributed by atoms with Crippen LogP contribution in [-0.4, -0.2) is 38.8 Å². The van der Waals surface area contributed by atoms with Crippen LogP contribution >= 0.6 is 0 Å². The number of pyridine rings is 1. The minimum atomic E-state index is 0.0436. The number of carbonyl (C=O) groups is 1. The number of amides is 1. The van der Waals surface area contributed by atoms with E-state index in [9.17, 15) is 4.79 Å². The summed E-state index contributed by atoms with van der Waals surface area (Å²) in [5.41, 5.74) is 2.81. The number of likely N-dealkylation sites (tertiary alicyclic amines) is 1. The van der Waals surface area contributed by atoms with Crippen LogP contribution in [0.3, 0.4) is 0 Å². The number of nitrogens with one attached hydrogen (secondary N) is 1. The van der Waals surface area contributed by atoms with Gasteiger partial charge < -0.3 is 10.2 Å². The molecule has 0 bridgehead atoms. The molecule has 2 aromatic heterocycles. The number of benzene rings is 1. The van der Waals surface area contributed by atoms with E-state index in [-0.39, 0.29) is 17.9 Å². The minimum absolute atomic E-state index is 0.0436. The fourth-order valence-corrected chi connectivity index (χ4v) is 3.70. The topological polar surface area (TPSA) is 71.0 Å². The van der Waals surface area contributed by atoms with Gasteiger partial charge in [-0.05, 0) is 30.7 Å². The molecule has 1 amide bonds. The molecule has 2 atom stereocenters. The number of aromatic nitrogens is 3. The van der Waals surface area contributed by atoms with Gasteiger partial charge in [0, 0.05) is 37.8 Å². The normalized spacial score (nSPS) is 19.9. The molecule has 0 spiro atoms. The smallest absolute Gasteiger partial charge is 0.223 e. The van der Waals surface area contributed by atoms with Crippen LogP contribution in [-0.2, 0) is 4.79 Å². The third-order valence-corrected chi connectivity index (χ3v) is 4.90. The summed E-state index contributed by atoms with van der Waals surface area (Å²) in [4.78, 5) is 27.6. The molecular formula is C20H21N5O. The number of carbonyl (C=O) groups excluding carboxylic acids is 1. The van der Waals surface area contributed by atoms with Gasteiger partial charge in [-0.2, -0.15) is 0 Å². The predicted octanol–water partition coefficient (Wildman–Crippen LogP) is 3.05. The summed E-state index contributed by atoms with van der Waals surface area (Å²) in [6, 6.07) is 11.8. The third-order valence-electron chi connectivity index (χ3n) is 4.90. The molecule has 3 aromatic rings. The average Bonchev–Trinajstić information content (AvgIpc) is 3.02. The van der Waals surface area contributed by atoms with E-state index in [2.05, 4.69) is 20.3 Å². The molecular weight excluding hydrogens is 326 g/mol. The van der Waals surface area contributed by atoms with Crippen LogP contribution in [0.1, 0.15) is 24.9 Å².